The Bertz CT molecular complexity index is 612. The van der Waals surface area contributed by atoms with Gasteiger partial charge in [-0.3, -0.25) is 10.1 Å². The molecule has 1 saturated heterocycles. The van der Waals surface area contributed by atoms with Crippen LogP contribution in [0.15, 0.2) is 23.1 Å². The lowest BCUT2D eigenvalue weighted by atomic mass is 10.2. The van der Waals surface area contributed by atoms with Crippen LogP contribution < -0.4 is 10.5 Å². The Balaban J connectivity index is 2.22. The zero-order valence-corrected chi connectivity index (χ0v) is 12.2. The second-order valence-corrected chi connectivity index (χ2v) is 7.35. The highest BCUT2D eigenvalue weighted by atomic mass is 32.2. The van der Waals surface area contributed by atoms with Gasteiger partial charge in [0.1, 0.15) is 4.90 Å². The first-order chi connectivity index (χ1) is 9.40. The highest BCUT2D eigenvalue weighted by Crippen LogP contribution is 2.25. The summed E-state index contributed by atoms with van der Waals surface area (Å²) >= 11 is 1.70. The lowest BCUT2D eigenvalue weighted by Crippen LogP contribution is -2.38. The van der Waals surface area contributed by atoms with E-state index in [-0.39, 0.29) is 22.3 Å². The molecule has 0 radical (unpaired) electrons. The van der Waals surface area contributed by atoms with Gasteiger partial charge < -0.3 is 5.73 Å². The minimum Gasteiger partial charge on any atom is -0.397 e. The van der Waals surface area contributed by atoms with Crippen molar-refractivity contribution in [2.45, 2.75) is 23.8 Å². The summed E-state index contributed by atoms with van der Waals surface area (Å²) in [5.74, 6) is 1.77. The Hall–Kier alpha value is -1.32. The molecule has 1 heterocycles. The third-order valence-electron chi connectivity index (χ3n) is 2.98. The molecule has 0 aliphatic carbocycles. The van der Waals surface area contributed by atoms with Crippen molar-refractivity contribution in [2.24, 2.45) is 0 Å². The number of sulfonamides is 1. The molecule has 0 bridgehead atoms. The highest BCUT2D eigenvalue weighted by Gasteiger charge is 2.24. The second kappa shape index (κ2) is 5.98. The predicted molar refractivity (Wildman–Crippen MR) is 78.2 cm³/mol. The maximum Gasteiger partial charge on any atom is 0.271 e. The van der Waals surface area contributed by atoms with Crippen molar-refractivity contribution >= 4 is 33.2 Å². The number of non-ortho nitro benzene ring substituents is 1. The molecule has 0 amide bonds. The van der Waals surface area contributed by atoms with E-state index in [2.05, 4.69) is 4.72 Å². The normalized spacial score (nSPS) is 19.7. The first kappa shape index (κ1) is 15.1. The largest absolute Gasteiger partial charge is 0.397 e. The number of nitrogens with one attached hydrogen (secondary N) is 1. The van der Waals surface area contributed by atoms with Gasteiger partial charge >= 0.3 is 0 Å². The smallest absolute Gasteiger partial charge is 0.271 e. The van der Waals surface area contributed by atoms with E-state index in [1.807, 2.05) is 0 Å². The molecule has 0 saturated carbocycles. The van der Waals surface area contributed by atoms with Crippen molar-refractivity contribution in [3.8, 4) is 0 Å². The molecule has 9 heteroatoms. The van der Waals surface area contributed by atoms with Gasteiger partial charge in [-0.2, -0.15) is 11.8 Å². The van der Waals surface area contributed by atoms with Crippen LogP contribution in [0, 0.1) is 10.1 Å². The van der Waals surface area contributed by atoms with Crippen LogP contribution in [0.4, 0.5) is 11.4 Å². The van der Waals surface area contributed by atoms with E-state index in [0.29, 0.717) is 0 Å². The summed E-state index contributed by atoms with van der Waals surface area (Å²) in [4.78, 5) is 9.89. The molecule has 1 unspecified atom stereocenters. The second-order valence-electron chi connectivity index (χ2n) is 4.51. The Morgan fingerprint density at radius 3 is 2.75 bits per heavy atom. The van der Waals surface area contributed by atoms with Crippen LogP contribution in [0.3, 0.4) is 0 Å². The molecular weight excluding hydrogens is 302 g/mol. The van der Waals surface area contributed by atoms with Crippen molar-refractivity contribution in [1.82, 2.24) is 4.72 Å². The minimum atomic E-state index is -3.74. The standard InChI is InChI=1S/C11H15N3O4S2/c12-10-6-9(14(15)16)3-4-11(10)20(17,18)13-8-2-1-5-19-7-8/h3-4,6,8,13H,1-2,5,7,12H2. The average Bonchev–Trinajstić information content (AvgIpc) is 2.38. The summed E-state index contributed by atoms with van der Waals surface area (Å²) in [6, 6.07) is 3.25. The zero-order chi connectivity index (χ0) is 14.8. The molecule has 0 spiro atoms. The maximum atomic E-state index is 12.2. The Kier molecular flexibility index (Phi) is 4.51. The maximum absolute atomic E-state index is 12.2. The molecule has 1 aliphatic heterocycles. The summed E-state index contributed by atoms with van der Waals surface area (Å²) < 4.78 is 27.1. The fourth-order valence-electron chi connectivity index (χ4n) is 2.01. The number of rotatable bonds is 4. The molecule has 0 aromatic heterocycles. The Morgan fingerprint density at radius 1 is 1.45 bits per heavy atom. The molecule has 3 N–H and O–H groups in total. The van der Waals surface area contributed by atoms with Crippen molar-refractivity contribution in [3.63, 3.8) is 0 Å². The Labute approximate surface area is 121 Å². The van der Waals surface area contributed by atoms with Crippen LogP contribution in [0.5, 0.6) is 0 Å². The third-order valence-corrected chi connectivity index (χ3v) is 5.79. The number of benzene rings is 1. The number of nitrogen functional groups attached to an aromatic ring is 1. The summed E-state index contributed by atoms with van der Waals surface area (Å²) in [5.41, 5.74) is 5.28. The van der Waals surface area contributed by atoms with E-state index in [9.17, 15) is 18.5 Å². The molecule has 7 nitrogen and oxygen atoms in total. The van der Waals surface area contributed by atoms with Crippen LogP contribution in [0.1, 0.15) is 12.8 Å². The van der Waals surface area contributed by atoms with Crippen LogP contribution in [0.25, 0.3) is 0 Å². The number of hydrogen-bond donors (Lipinski definition) is 2. The number of nitro groups is 1. The lowest BCUT2D eigenvalue weighted by molar-refractivity contribution is -0.384. The summed E-state index contributed by atoms with van der Waals surface area (Å²) in [7, 11) is -3.74. The molecule has 1 aromatic rings. The summed E-state index contributed by atoms with van der Waals surface area (Å²) in [6.45, 7) is 0. The number of anilines is 1. The van der Waals surface area contributed by atoms with Gasteiger partial charge in [0.05, 0.1) is 10.6 Å². The van der Waals surface area contributed by atoms with Crippen molar-refractivity contribution in [3.05, 3.63) is 28.3 Å². The topological polar surface area (TPSA) is 115 Å². The molecule has 1 atom stereocenters. The van der Waals surface area contributed by atoms with Gasteiger partial charge in [0.15, 0.2) is 0 Å². The van der Waals surface area contributed by atoms with Crippen LogP contribution in [0.2, 0.25) is 0 Å². The van der Waals surface area contributed by atoms with Crippen molar-refractivity contribution in [1.29, 1.82) is 0 Å². The quantitative estimate of drug-likeness (QED) is 0.492. The first-order valence-corrected chi connectivity index (χ1v) is 8.68. The van der Waals surface area contributed by atoms with E-state index in [1.165, 1.54) is 6.07 Å². The van der Waals surface area contributed by atoms with E-state index in [4.69, 9.17) is 5.73 Å². The molecule has 1 aliphatic rings. The van der Waals surface area contributed by atoms with E-state index >= 15 is 0 Å². The van der Waals surface area contributed by atoms with Gasteiger partial charge in [0.25, 0.3) is 5.69 Å². The lowest BCUT2D eigenvalue weighted by Gasteiger charge is -2.22. The van der Waals surface area contributed by atoms with Crippen molar-refractivity contribution < 1.29 is 13.3 Å². The summed E-state index contributed by atoms with van der Waals surface area (Å²) in [6.07, 6.45) is 1.76. The molecule has 1 fully saturated rings. The van der Waals surface area contributed by atoms with Gasteiger partial charge in [0, 0.05) is 23.9 Å². The fourth-order valence-corrected chi connectivity index (χ4v) is 4.57. The number of nitrogens with two attached hydrogens (primary N) is 1. The van der Waals surface area contributed by atoms with E-state index in [0.717, 1.165) is 36.5 Å². The molecule has 20 heavy (non-hydrogen) atoms. The van der Waals surface area contributed by atoms with Crippen LogP contribution >= 0.6 is 11.8 Å². The number of hydrogen-bond acceptors (Lipinski definition) is 6. The van der Waals surface area contributed by atoms with Crippen LogP contribution in [-0.4, -0.2) is 30.9 Å². The number of nitrogens with zero attached hydrogens (tertiary/aromatic N) is 1. The zero-order valence-electron chi connectivity index (χ0n) is 10.6. The molecule has 1 aromatic carbocycles. The third kappa shape index (κ3) is 3.41. The Morgan fingerprint density at radius 2 is 2.20 bits per heavy atom. The average molecular weight is 317 g/mol. The van der Waals surface area contributed by atoms with Gasteiger partial charge in [0.2, 0.25) is 10.0 Å². The molecular formula is C11H15N3O4S2. The minimum absolute atomic E-state index is 0.112. The first-order valence-electron chi connectivity index (χ1n) is 6.04. The SMILES string of the molecule is Nc1cc([N+](=O)[O-])ccc1S(=O)(=O)NC1CCCSC1. The highest BCUT2D eigenvalue weighted by molar-refractivity contribution is 7.99. The number of nitro benzene ring substituents is 1. The van der Waals surface area contributed by atoms with Crippen LogP contribution in [-0.2, 0) is 10.0 Å². The fraction of sp³-hybridized carbons (Fsp3) is 0.455. The van der Waals surface area contributed by atoms with Gasteiger partial charge in [-0.15, -0.1) is 0 Å². The van der Waals surface area contributed by atoms with Gasteiger partial charge in [-0.1, -0.05) is 0 Å². The van der Waals surface area contributed by atoms with Gasteiger partial charge in [-0.05, 0) is 24.7 Å². The summed E-state index contributed by atoms with van der Waals surface area (Å²) in [5, 5.41) is 10.6. The predicted octanol–water partition coefficient (Wildman–Crippen LogP) is 1.35. The monoisotopic (exact) mass is 317 g/mol. The van der Waals surface area contributed by atoms with E-state index in [1.54, 1.807) is 11.8 Å². The van der Waals surface area contributed by atoms with Crippen molar-refractivity contribution in [2.75, 3.05) is 17.2 Å². The number of thioether (sulfide) groups is 1. The molecule has 110 valence electrons. The van der Waals surface area contributed by atoms with E-state index < -0.39 is 14.9 Å². The van der Waals surface area contributed by atoms with Gasteiger partial charge in [-0.25, -0.2) is 13.1 Å². The molecule has 2 rings (SSSR count).